The number of hydrogen-bond donors (Lipinski definition) is 3. The van der Waals surface area contributed by atoms with Crippen molar-refractivity contribution in [1.82, 2.24) is 20.8 Å². The van der Waals surface area contributed by atoms with Gasteiger partial charge in [-0.05, 0) is 30.2 Å². The fourth-order valence-corrected chi connectivity index (χ4v) is 3.54. The molecule has 3 N–H and O–H groups in total. The van der Waals surface area contributed by atoms with Gasteiger partial charge < -0.3 is 15.4 Å². The Kier molecular flexibility index (Phi) is 5.39. The first-order chi connectivity index (χ1) is 13.8. The van der Waals surface area contributed by atoms with Gasteiger partial charge in [-0.25, -0.2) is 0 Å². The first-order valence-electron chi connectivity index (χ1n) is 9.61. The molecule has 0 fully saturated rings. The number of aromatic amines is 1. The number of amides is 1. The molecular weight excluding hydrogens is 352 g/mol. The van der Waals surface area contributed by atoms with Gasteiger partial charge in [-0.1, -0.05) is 42.5 Å². The first kappa shape index (κ1) is 18.3. The molecule has 3 aromatic rings. The molecule has 144 valence electrons. The van der Waals surface area contributed by atoms with Crippen molar-refractivity contribution in [2.24, 2.45) is 0 Å². The SMILES string of the molecule is CCOc1ccc(C(NC(=O)c2n[nH]c3c2CNCC3)c2ccccc2)cc1. The highest BCUT2D eigenvalue weighted by Gasteiger charge is 2.24. The molecule has 6 heteroatoms. The number of ether oxygens (including phenoxy) is 1. The maximum absolute atomic E-state index is 13.1. The molecule has 0 radical (unpaired) electrons. The van der Waals surface area contributed by atoms with Crippen molar-refractivity contribution in [3.05, 3.63) is 82.7 Å². The minimum Gasteiger partial charge on any atom is -0.494 e. The molecule has 1 atom stereocenters. The van der Waals surface area contributed by atoms with E-state index in [2.05, 4.69) is 20.8 Å². The number of benzene rings is 2. The monoisotopic (exact) mass is 376 g/mol. The summed E-state index contributed by atoms with van der Waals surface area (Å²) in [5.74, 6) is 0.640. The zero-order valence-corrected chi connectivity index (χ0v) is 15.9. The number of rotatable bonds is 6. The second-order valence-electron chi connectivity index (χ2n) is 6.78. The van der Waals surface area contributed by atoms with Gasteiger partial charge in [0.2, 0.25) is 0 Å². The Labute approximate surface area is 164 Å². The number of nitrogens with one attached hydrogen (secondary N) is 3. The largest absolute Gasteiger partial charge is 0.494 e. The van der Waals surface area contributed by atoms with Gasteiger partial charge in [0, 0.05) is 30.8 Å². The standard InChI is InChI=1S/C22H24N4O2/c1-2-28-17-10-8-16(9-11-17)20(15-6-4-3-5-7-15)24-22(27)21-18-14-23-13-12-19(18)25-26-21/h3-11,20,23H,2,12-14H2,1H3,(H,24,27)(H,25,26). The predicted octanol–water partition coefficient (Wildman–Crippen LogP) is 2.97. The van der Waals surface area contributed by atoms with E-state index in [1.807, 2.05) is 61.5 Å². The van der Waals surface area contributed by atoms with E-state index in [1.54, 1.807) is 0 Å². The Morgan fingerprint density at radius 2 is 1.89 bits per heavy atom. The van der Waals surface area contributed by atoms with E-state index in [0.29, 0.717) is 18.8 Å². The molecule has 0 bridgehead atoms. The Bertz CT molecular complexity index is 935. The zero-order valence-electron chi connectivity index (χ0n) is 15.9. The second kappa shape index (κ2) is 8.27. The van der Waals surface area contributed by atoms with E-state index in [4.69, 9.17) is 4.74 Å². The lowest BCUT2D eigenvalue weighted by molar-refractivity contribution is 0.0936. The van der Waals surface area contributed by atoms with Gasteiger partial charge in [0.1, 0.15) is 5.75 Å². The smallest absolute Gasteiger partial charge is 0.272 e. The number of carbonyl (C=O) groups excluding carboxylic acids is 1. The summed E-state index contributed by atoms with van der Waals surface area (Å²) in [6, 6.07) is 17.5. The molecule has 0 spiro atoms. The maximum Gasteiger partial charge on any atom is 0.272 e. The molecule has 4 rings (SSSR count). The third kappa shape index (κ3) is 3.77. The summed E-state index contributed by atoms with van der Waals surface area (Å²) in [4.78, 5) is 13.1. The summed E-state index contributed by atoms with van der Waals surface area (Å²) < 4.78 is 5.54. The van der Waals surface area contributed by atoms with E-state index in [-0.39, 0.29) is 11.9 Å². The number of fused-ring (bicyclic) bond motifs is 1. The van der Waals surface area contributed by atoms with Crippen LogP contribution in [0.2, 0.25) is 0 Å². The van der Waals surface area contributed by atoms with Gasteiger partial charge in [-0.2, -0.15) is 5.10 Å². The van der Waals surface area contributed by atoms with Crippen molar-refractivity contribution < 1.29 is 9.53 Å². The van der Waals surface area contributed by atoms with Crippen LogP contribution in [0.3, 0.4) is 0 Å². The van der Waals surface area contributed by atoms with Crippen LogP contribution in [0.25, 0.3) is 0 Å². The van der Waals surface area contributed by atoms with Crippen molar-refractivity contribution >= 4 is 5.91 Å². The molecule has 1 amide bonds. The summed E-state index contributed by atoms with van der Waals surface area (Å²) >= 11 is 0. The van der Waals surface area contributed by atoms with Gasteiger partial charge in [-0.3, -0.25) is 9.89 Å². The van der Waals surface area contributed by atoms with Crippen LogP contribution in [-0.2, 0) is 13.0 Å². The Balaban J connectivity index is 1.62. The van der Waals surface area contributed by atoms with E-state index in [1.165, 1.54) is 0 Å². The molecule has 28 heavy (non-hydrogen) atoms. The van der Waals surface area contributed by atoms with Crippen molar-refractivity contribution in [3.8, 4) is 5.75 Å². The van der Waals surface area contributed by atoms with Gasteiger partial charge in [0.25, 0.3) is 5.91 Å². The fourth-order valence-electron chi connectivity index (χ4n) is 3.54. The summed E-state index contributed by atoms with van der Waals surface area (Å²) in [5.41, 5.74) is 4.48. The summed E-state index contributed by atoms with van der Waals surface area (Å²) in [7, 11) is 0. The lowest BCUT2D eigenvalue weighted by atomic mass is 9.98. The zero-order chi connectivity index (χ0) is 19.3. The van der Waals surface area contributed by atoms with Gasteiger partial charge >= 0.3 is 0 Å². The third-order valence-electron chi connectivity index (χ3n) is 4.95. The van der Waals surface area contributed by atoms with Crippen molar-refractivity contribution in [2.75, 3.05) is 13.2 Å². The molecule has 1 unspecified atom stereocenters. The molecule has 0 saturated carbocycles. The molecule has 0 saturated heterocycles. The van der Waals surface area contributed by atoms with Crippen LogP contribution in [0, 0.1) is 0 Å². The topological polar surface area (TPSA) is 79.0 Å². The number of aromatic nitrogens is 2. The quantitative estimate of drug-likeness (QED) is 0.618. The van der Waals surface area contributed by atoms with Crippen LogP contribution in [0.15, 0.2) is 54.6 Å². The van der Waals surface area contributed by atoms with E-state index in [9.17, 15) is 4.79 Å². The number of hydrogen-bond acceptors (Lipinski definition) is 4. The van der Waals surface area contributed by atoms with Crippen LogP contribution >= 0.6 is 0 Å². The number of H-pyrrole nitrogens is 1. The summed E-state index contributed by atoms with van der Waals surface area (Å²) in [5, 5.41) is 13.8. The minimum atomic E-state index is -0.270. The van der Waals surface area contributed by atoms with E-state index in [0.717, 1.165) is 41.1 Å². The highest BCUT2D eigenvalue weighted by Crippen LogP contribution is 2.25. The van der Waals surface area contributed by atoms with Crippen LogP contribution in [0.5, 0.6) is 5.75 Å². The number of carbonyl (C=O) groups is 1. The van der Waals surface area contributed by atoms with Crippen LogP contribution < -0.4 is 15.4 Å². The maximum atomic E-state index is 13.1. The van der Waals surface area contributed by atoms with Crippen molar-refractivity contribution in [3.63, 3.8) is 0 Å². The van der Waals surface area contributed by atoms with Crippen molar-refractivity contribution in [2.45, 2.75) is 25.9 Å². The van der Waals surface area contributed by atoms with E-state index >= 15 is 0 Å². The highest BCUT2D eigenvalue weighted by atomic mass is 16.5. The Morgan fingerprint density at radius 3 is 2.64 bits per heavy atom. The molecule has 1 aromatic heterocycles. The molecule has 6 nitrogen and oxygen atoms in total. The number of nitrogens with zero attached hydrogens (tertiary/aromatic N) is 1. The third-order valence-corrected chi connectivity index (χ3v) is 4.95. The van der Waals surface area contributed by atoms with Crippen LogP contribution in [0.1, 0.15) is 45.8 Å². The predicted molar refractivity (Wildman–Crippen MR) is 107 cm³/mol. The van der Waals surface area contributed by atoms with Gasteiger partial charge in [-0.15, -0.1) is 0 Å². The molecule has 2 heterocycles. The van der Waals surface area contributed by atoms with Crippen LogP contribution in [-0.4, -0.2) is 29.3 Å². The second-order valence-corrected chi connectivity index (χ2v) is 6.78. The molecule has 1 aliphatic rings. The minimum absolute atomic E-state index is 0.177. The Morgan fingerprint density at radius 1 is 1.14 bits per heavy atom. The van der Waals surface area contributed by atoms with Crippen LogP contribution in [0.4, 0.5) is 0 Å². The molecular formula is C22H24N4O2. The Hall–Kier alpha value is -3.12. The lowest BCUT2D eigenvalue weighted by Gasteiger charge is -2.20. The summed E-state index contributed by atoms with van der Waals surface area (Å²) in [6.45, 7) is 4.14. The molecule has 0 aliphatic carbocycles. The average Bonchev–Trinajstić information content (AvgIpc) is 3.18. The fraction of sp³-hybridized carbons (Fsp3) is 0.273. The first-order valence-corrected chi connectivity index (χ1v) is 9.61. The van der Waals surface area contributed by atoms with Gasteiger partial charge in [0.05, 0.1) is 12.6 Å². The van der Waals surface area contributed by atoms with E-state index < -0.39 is 0 Å². The normalized spacial score (nSPS) is 14.2. The van der Waals surface area contributed by atoms with Gasteiger partial charge in [0.15, 0.2) is 5.69 Å². The molecule has 2 aromatic carbocycles. The van der Waals surface area contributed by atoms with Crippen molar-refractivity contribution in [1.29, 1.82) is 0 Å². The summed E-state index contributed by atoms with van der Waals surface area (Å²) in [6.07, 6.45) is 0.858. The average molecular weight is 376 g/mol. The molecule has 1 aliphatic heterocycles. The highest BCUT2D eigenvalue weighted by molar-refractivity contribution is 5.94. The lowest BCUT2D eigenvalue weighted by Crippen LogP contribution is -2.31.